The fourth-order valence-corrected chi connectivity index (χ4v) is 3.80. The summed E-state index contributed by atoms with van der Waals surface area (Å²) in [6, 6.07) is 21.9. The van der Waals surface area contributed by atoms with Gasteiger partial charge in [-0.1, -0.05) is 70.0 Å². The van der Waals surface area contributed by atoms with Crippen LogP contribution in [0.5, 0.6) is 0 Å². The maximum absolute atomic E-state index is 13.0. The van der Waals surface area contributed by atoms with Crippen molar-refractivity contribution in [2.45, 2.75) is 6.04 Å². The van der Waals surface area contributed by atoms with E-state index in [1.54, 1.807) is 72.8 Å². The van der Waals surface area contributed by atoms with E-state index >= 15 is 0 Å². The van der Waals surface area contributed by atoms with E-state index in [1.165, 1.54) is 4.90 Å². The number of amides is 1. The van der Waals surface area contributed by atoms with Gasteiger partial charge in [-0.05, 0) is 42.0 Å². The number of hydrogen-bond donors (Lipinski definition) is 1. The van der Waals surface area contributed by atoms with E-state index in [0.29, 0.717) is 21.8 Å². The molecule has 1 fully saturated rings. The third-order valence-corrected chi connectivity index (χ3v) is 5.56. The topological polar surface area (TPSA) is 57.6 Å². The Balaban J connectivity index is 1.94. The van der Waals surface area contributed by atoms with Gasteiger partial charge >= 0.3 is 0 Å². The predicted octanol–water partition coefficient (Wildman–Crippen LogP) is 5.73. The molecule has 1 amide bonds. The summed E-state index contributed by atoms with van der Waals surface area (Å²) in [4.78, 5) is 27.4. The summed E-state index contributed by atoms with van der Waals surface area (Å²) in [5.41, 5.74) is 1.75. The van der Waals surface area contributed by atoms with Crippen molar-refractivity contribution in [2.24, 2.45) is 0 Å². The third-order valence-electron chi connectivity index (χ3n) is 4.78. The van der Waals surface area contributed by atoms with Gasteiger partial charge in [0.2, 0.25) is 0 Å². The van der Waals surface area contributed by atoms with Crippen molar-refractivity contribution in [1.29, 1.82) is 0 Å². The summed E-state index contributed by atoms with van der Waals surface area (Å²) >= 11 is 9.41. The van der Waals surface area contributed by atoms with E-state index < -0.39 is 17.7 Å². The van der Waals surface area contributed by atoms with Crippen molar-refractivity contribution < 1.29 is 14.7 Å². The number of carbonyl (C=O) groups excluding carboxylic acids is 2. The molecule has 1 atom stereocenters. The molecule has 1 aliphatic heterocycles. The molecule has 1 heterocycles. The number of halogens is 2. The number of rotatable bonds is 3. The number of carbonyl (C=O) groups is 2. The number of anilines is 1. The van der Waals surface area contributed by atoms with Crippen LogP contribution in [0, 0.1) is 0 Å². The van der Waals surface area contributed by atoms with Crippen LogP contribution in [-0.2, 0) is 9.59 Å². The third kappa shape index (κ3) is 3.59. The summed E-state index contributed by atoms with van der Waals surface area (Å²) in [6.45, 7) is 0. The van der Waals surface area contributed by atoms with Gasteiger partial charge in [-0.15, -0.1) is 0 Å². The van der Waals surface area contributed by atoms with Gasteiger partial charge < -0.3 is 5.11 Å². The highest BCUT2D eigenvalue weighted by Crippen LogP contribution is 2.42. The van der Waals surface area contributed by atoms with E-state index in [2.05, 4.69) is 15.9 Å². The fourth-order valence-electron chi connectivity index (χ4n) is 3.41. The molecule has 1 N–H and O–H groups in total. The SMILES string of the molecule is O=C1C(=O)N(c2ccc(Br)cc2)[C@@H](c2ccc(Cl)cc2)/C1=C(\O)c1ccccc1. The molecule has 0 aliphatic carbocycles. The summed E-state index contributed by atoms with van der Waals surface area (Å²) < 4.78 is 0.852. The molecular weight excluding hydrogens is 454 g/mol. The number of aliphatic hydroxyl groups excluding tert-OH is 1. The van der Waals surface area contributed by atoms with E-state index in [0.717, 1.165) is 4.47 Å². The van der Waals surface area contributed by atoms with Gasteiger partial charge in [-0.25, -0.2) is 0 Å². The monoisotopic (exact) mass is 467 g/mol. The van der Waals surface area contributed by atoms with E-state index in [-0.39, 0.29) is 11.3 Å². The molecule has 0 aromatic heterocycles. The maximum Gasteiger partial charge on any atom is 0.300 e. The van der Waals surface area contributed by atoms with Crippen LogP contribution in [0.3, 0.4) is 0 Å². The minimum atomic E-state index is -0.770. The Morgan fingerprint density at radius 3 is 2.14 bits per heavy atom. The standard InChI is InChI=1S/C23H15BrClNO3/c24-16-8-12-18(13-9-16)26-20(14-6-10-17(25)11-7-14)19(22(28)23(26)29)21(27)15-4-2-1-3-5-15/h1-13,20,27H/b21-19+/t20-/m0/s1. The zero-order valence-electron chi connectivity index (χ0n) is 15.0. The number of nitrogens with zero attached hydrogens (tertiary/aromatic N) is 1. The molecule has 1 aliphatic rings. The summed E-state index contributed by atoms with van der Waals surface area (Å²) in [5, 5.41) is 11.5. The largest absolute Gasteiger partial charge is 0.507 e. The molecule has 144 valence electrons. The van der Waals surface area contributed by atoms with Crippen LogP contribution >= 0.6 is 27.5 Å². The Morgan fingerprint density at radius 2 is 1.52 bits per heavy atom. The van der Waals surface area contributed by atoms with E-state index in [9.17, 15) is 14.7 Å². The lowest BCUT2D eigenvalue weighted by Crippen LogP contribution is -2.29. The first-order chi connectivity index (χ1) is 14.0. The van der Waals surface area contributed by atoms with Crippen molar-refractivity contribution in [3.8, 4) is 0 Å². The lowest BCUT2D eigenvalue weighted by molar-refractivity contribution is -0.132. The van der Waals surface area contributed by atoms with Crippen LogP contribution in [0.1, 0.15) is 17.2 Å². The zero-order chi connectivity index (χ0) is 20.5. The number of aliphatic hydroxyl groups is 1. The Bertz CT molecular complexity index is 1110. The van der Waals surface area contributed by atoms with Gasteiger partial charge in [0.1, 0.15) is 5.76 Å². The molecule has 4 nitrogen and oxygen atoms in total. The molecule has 0 spiro atoms. The minimum absolute atomic E-state index is 0.0476. The van der Waals surface area contributed by atoms with Crippen molar-refractivity contribution in [2.75, 3.05) is 4.90 Å². The van der Waals surface area contributed by atoms with Gasteiger partial charge in [-0.3, -0.25) is 14.5 Å². The molecule has 0 radical (unpaired) electrons. The molecule has 3 aromatic carbocycles. The number of ketones is 1. The number of hydrogen-bond acceptors (Lipinski definition) is 3. The smallest absolute Gasteiger partial charge is 0.300 e. The summed E-state index contributed by atoms with van der Waals surface area (Å²) in [7, 11) is 0. The van der Waals surface area contributed by atoms with Crippen molar-refractivity contribution in [3.05, 3.63) is 105 Å². The minimum Gasteiger partial charge on any atom is -0.507 e. The van der Waals surface area contributed by atoms with Crippen LogP contribution in [0.15, 0.2) is 88.9 Å². The van der Waals surface area contributed by atoms with Crippen LogP contribution in [0.4, 0.5) is 5.69 Å². The molecule has 4 rings (SSSR count). The molecule has 6 heteroatoms. The van der Waals surface area contributed by atoms with Gasteiger partial charge in [0, 0.05) is 20.7 Å². The molecule has 0 unspecified atom stereocenters. The Kier molecular flexibility index (Phi) is 5.26. The Hall–Kier alpha value is -2.89. The maximum atomic E-state index is 13.0. The second kappa shape index (κ2) is 7.85. The number of benzene rings is 3. The van der Waals surface area contributed by atoms with Crippen molar-refractivity contribution in [1.82, 2.24) is 0 Å². The number of Topliss-reactive ketones (excluding diaryl/α,β-unsaturated/α-hetero) is 1. The second-order valence-electron chi connectivity index (χ2n) is 6.56. The fraction of sp³-hybridized carbons (Fsp3) is 0.0435. The average molecular weight is 469 g/mol. The highest BCUT2D eigenvalue weighted by molar-refractivity contribution is 9.10. The lowest BCUT2D eigenvalue weighted by atomic mass is 9.95. The molecule has 3 aromatic rings. The van der Waals surface area contributed by atoms with Crippen molar-refractivity contribution in [3.63, 3.8) is 0 Å². The van der Waals surface area contributed by atoms with Crippen LogP contribution in [-0.4, -0.2) is 16.8 Å². The Labute approximate surface area is 181 Å². The van der Waals surface area contributed by atoms with Crippen LogP contribution in [0.2, 0.25) is 5.02 Å². The first-order valence-corrected chi connectivity index (χ1v) is 10.0. The Morgan fingerprint density at radius 1 is 0.897 bits per heavy atom. The summed E-state index contributed by atoms with van der Waals surface area (Å²) in [6.07, 6.45) is 0. The van der Waals surface area contributed by atoms with Gasteiger partial charge in [0.05, 0.1) is 11.6 Å². The molecule has 1 saturated heterocycles. The van der Waals surface area contributed by atoms with E-state index in [1.807, 2.05) is 6.07 Å². The quantitative estimate of drug-likeness (QED) is 0.303. The molecule has 0 bridgehead atoms. The molecular formula is C23H15BrClNO3. The van der Waals surface area contributed by atoms with Gasteiger partial charge in [-0.2, -0.15) is 0 Å². The first kappa shape index (κ1) is 19.4. The van der Waals surface area contributed by atoms with Crippen molar-refractivity contribution >= 4 is 50.7 Å². The highest BCUT2D eigenvalue weighted by Gasteiger charge is 2.46. The highest BCUT2D eigenvalue weighted by atomic mass is 79.9. The zero-order valence-corrected chi connectivity index (χ0v) is 17.4. The normalized spacial score (nSPS) is 18.3. The van der Waals surface area contributed by atoms with Crippen LogP contribution < -0.4 is 4.90 Å². The second-order valence-corrected chi connectivity index (χ2v) is 7.92. The van der Waals surface area contributed by atoms with Gasteiger partial charge in [0.15, 0.2) is 0 Å². The van der Waals surface area contributed by atoms with Gasteiger partial charge in [0.25, 0.3) is 11.7 Å². The molecule has 29 heavy (non-hydrogen) atoms. The van der Waals surface area contributed by atoms with E-state index in [4.69, 9.17) is 11.6 Å². The predicted molar refractivity (Wildman–Crippen MR) is 117 cm³/mol. The first-order valence-electron chi connectivity index (χ1n) is 8.85. The lowest BCUT2D eigenvalue weighted by Gasteiger charge is -2.25. The molecule has 0 saturated carbocycles. The average Bonchev–Trinajstić information content (AvgIpc) is 3.00. The summed E-state index contributed by atoms with van der Waals surface area (Å²) in [5.74, 6) is -1.62. The van der Waals surface area contributed by atoms with Crippen LogP contribution in [0.25, 0.3) is 5.76 Å².